The number of aromatic amines is 1. The average Bonchev–Trinajstić information content (AvgIpc) is 2.74. The molecule has 1 N–H and O–H groups in total. The smallest absolute Gasteiger partial charge is 0.325 e. The zero-order valence-electron chi connectivity index (χ0n) is 16.6. The number of H-pyrrole nitrogens is 1. The number of fused-ring (bicyclic) bond motifs is 1. The molecule has 30 heavy (non-hydrogen) atoms. The molecule has 1 amide bonds. The van der Waals surface area contributed by atoms with E-state index in [2.05, 4.69) is 9.97 Å². The van der Waals surface area contributed by atoms with Gasteiger partial charge in [0.1, 0.15) is 12.4 Å². The Balaban J connectivity index is 1.64. The summed E-state index contributed by atoms with van der Waals surface area (Å²) in [5.41, 5.74) is 1.28. The molecule has 0 aliphatic carbocycles. The monoisotopic (exact) mass is 427 g/mol. The first-order valence-electron chi connectivity index (χ1n) is 9.53. The number of hydrogen-bond donors (Lipinski definition) is 1. The second kappa shape index (κ2) is 10.0. The summed E-state index contributed by atoms with van der Waals surface area (Å²) < 4.78 is 4.71. The standard InChI is InChI=1S/C22H22ClN3O4/c1-30-21(28)14-26(13-15-9-11-16(23)12-10-15)20(27)8-4-7-19-24-18-6-3-2-5-17(18)22(29)25-19/h2-3,5-6,9-12H,4,7-8,13-14H2,1H3,(H,24,25,29). The molecule has 0 fully saturated rings. The molecule has 156 valence electrons. The van der Waals surface area contributed by atoms with Crippen molar-refractivity contribution < 1.29 is 14.3 Å². The predicted molar refractivity (Wildman–Crippen MR) is 114 cm³/mol. The highest BCUT2D eigenvalue weighted by molar-refractivity contribution is 6.30. The van der Waals surface area contributed by atoms with Crippen LogP contribution in [0.1, 0.15) is 24.2 Å². The molecule has 0 aliphatic heterocycles. The summed E-state index contributed by atoms with van der Waals surface area (Å²) in [7, 11) is 1.29. The van der Waals surface area contributed by atoms with Gasteiger partial charge in [0, 0.05) is 24.4 Å². The number of esters is 1. The number of ether oxygens (including phenoxy) is 1. The Labute approximate surface area is 178 Å². The van der Waals surface area contributed by atoms with Crippen LogP contribution in [0.25, 0.3) is 10.9 Å². The van der Waals surface area contributed by atoms with Crippen molar-refractivity contribution >= 4 is 34.4 Å². The zero-order chi connectivity index (χ0) is 21.5. The second-order valence-corrected chi connectivity index (χ2v) is 7.27. The number of carbonyl (C=O) groups excluding carboxylic acids is 2. The van der Waals surface area contributed by atoms with Crippen molar-refractivity contribution in [1.82, 2.24) is 14.9 Å². The maximum Gasteiger partial charge on any atom is 0.325 e. The highest BCUT2D eigenvalue weighted by atomic mass is 35.5. The van der Waals surface area contributed by atoms with Crippen LogP contribution in [0.2, 0.25) is 5.02 Å². The van der Waals surface area contributed by atoms with E-state index in [9.17, 15) is 14.4 Å². The van der Waals surface area contributed by atoms with E-state index in [1.165, 1.54) is 12.0 Å². The summed E-state index contributed by atoms with van der Waals surface area (Å²) in [5, 5.41) is 1.13. The van der Waals surface area contributed by atoms with E-state index in [1.807, 2.05) is 18.2 Å². The van der Waals surface area contributed by atoms with E-state index >= 15 is 0 Å². The number of methoxy groups -OCH3 is 1. The summed E-state index contributed by atoms with van der Waals surface area (Å²) in [6.45, 7) is 0.138. The van der Waals surface area contributed by atoms with Crippen molar-refractivity contribution in [3.63, 3.8) is 0 Å². The fourth-order valence-corrected chi connectivity index (χ4v) is 3.21. The Morgan fingerprint density at radius 2 is 1.87 bits per heavy atom. The normalized spacial score (nSPS) is 10.7. The maximum absolute atomic E-state index is 12.7. The highest BCUT2D eigenvalue weighted by Crippen LogP contribution is 2.13. The maximum atomic E-state index is 12.7. The number of aromatic nitrogens is 2. The first-order valence-corrected chi connectivity index (χ1v) is 9.91. The van der Waals surface area contributed by atoms with E-state index in [4.69, 9.17) is 16.3 Å². The van der Waals surface area contributed by atoms with Crippen LogP contribution in [0.4, 0.5) is 0 Å². The van der Waals surface area contributed by atoms with Gasteiger partial charge in [0.25, 0.3) is 5.56 Å². The number of carbonyl (C=O) groups is 2. The fourth-order valence-electron chi connectivity index (χ4n) is 3.08. The van der Waals surface area contributed by atoms with Crippen LogP contribution in [0.3, 0.4) is 0 Å². The van der Waals surface area contributed by atoms with Crippen LogP contribution in [-0.2, 0) is 27.3 Å². The number of benzene rings is 2. The first-order chi connectivity index (χ1) is 14.5. The molecule has 1 aromatic heterocycles. The zero-order valence-corrected chi connectivity index (χ0v) is 17.3. The van der Waals surface area contributed by atoms with Crippen molar-refractivity contribution in [3.05, 3.63) is 75.3 Å². The van der Waals surface area contributed by atoms with Crippen LogP contribution in [0, 0.1) is 0 Å². The number of hydrogen-bond acceptors (Lipinski definition) is 5. The summed E-state index contributed by atoms with van der Waals surface area (Å²) in [6.07, 6.45) is 1.14. The van der Waals surface area contributed by atoms with Crippen LogP contribution < -0.4 is 5.56 Å². The Morgan fingerprint density at radius 3 is 2.60 bits per heavy atom. The van der Waals surface area contributed by atoms with Crippen molar-refractivity contribution in [2.45, 2.75) is 25.8 Å². The van der Waals surface area contributed by atoms with Gasteiger partial charge in [0.05, 0.1) is 18.0 Å². The lowest BCUT2D eigenvalue weighted by atomic mass is 10.1. The number of amides is 1. The van der Waals surface area contributed by atoms with Gasteiger partial charge in [-0.15, -0.1) is 0 Å². The molecule has 0 aliphatic rings. The molecule has 3 aromatic rings. The van der Waals surface area contributed by atoms with Crippen molar-refractivity contribution in [1.29, 1.82) is 0 Å². The third-order valence-electron chi connectivity index (χ3n) is 4.65. The minimum Gasteiger partial charge on any atom is -0.468 e. The largest absolute Gasteiger partial charge is 0.468 e. The topological polar surface area (TPSA) is 92.4 Å². The average molecular weight is 428 g/mol. The molecule has 3 rings (SSSR count). The van der Waals surface area contributed by atoms with Crippen molar-refractivity contribution in [3.8, 4) is 0 Å². The molecule has 8 heteroatoms. The number of nitrogens with zero attached hydrogens (tertiary/aromatic N) is 2. The van der Waals surface area contributed by atoms with Gasteiger partial charge in [-0.3, -0.25) is 14.4 Å². The molecule has 0 saturated heterocycles. The number of aryl methyl sites for hydroxylation is 1. The first kappa shape index (κ1) is 21.5. The van der Waals surface area contributed by atoms with Crippen LogP contribution in [-0.4, -0.2) is 40.4 Å². The molecule has 0 bridgehead atoms. The fraction of sp³-hybridized carbons (Fsp3) is 0.273. The molecule has 0 spiro atoms. The molecular formula is C22H22ClN3O4. The summed E-state index contributed by atoms with van der Waals surface area (Å²) in [5.74, 6) is -0.139. The number of nitrogens with one attached hydrogen (secondary N) is 1. The van der Waals surface area contributed by atoms with Crippen LogP contribution in [0.15, 0.2) is 53.3 Å². The predicted octanol–water partition coefficient (Wildman–Crippen LogP) is 3.10. The molecule has 2 aromatic carbocycles. The molecule has 0 atom stereocenters. The van der Waals surface area contributed by atoms with Gasteiger partial charge in [-0.05, 0) is 36.2 Å². The van der Waals surface area contributed by atoms with Gasteiger partial charge in [0.2, 0.25) is 5.91 Å². The minimum atomic E-state index is -0.488. The Hall–Kier alpha value is -3.19. The SMILES string of the molecule is COC(=O)CN(Cc1ccc(Cl)cc1)C(=O)CCCc1nc2ccccc2c(=O)[nH]1. The Bertz CT molecular complexity index is 1100. The third-order valence-corrected chi connectivity index (χ3v) is 4.91. The number of rotatable bonds is 8. The number of halogens is 1. The van der Waals surface area contributed by atoms with E-state index in [0.29, 0.717) is 34.6 Å². The Morgan fingerprint density at radius 1 is 1.13 bits per heavy atom. The van der Waals surface area contributed by atoms with Gasteiger partial charge in [-0.25, -0.2) is 4.98 Å². The van der Waals surface area contributed by atoms with Crippen LogP contribution in [0.5, 0.6) is 0 Å². The van der Waals surface area contributed by atoms with Gasteiger partial charge in [0.15, 0.2) is 0 Å². The van der Waals surface area contributed by atoms with Gasteiger partial charge >= 0.3 is 5.97 Å². The lowest BCUT2D eigenvalue weighted by Gasteiger charge is -2.21. The van der Waals surface area contributed by atoms with Crippen molar-refractivity contribution in [2.24, 2.45) is 0 Å². The lowest BCUT2D eigenvalue weighted by molar-refractivity contribution is -0.147. The quantitative estimate of drug-likeness (QED) is 0.557. The van der Waals surface area contributed by atoms with Crippen molar-refractivity contribution in [2.75, 3.05) is 13.7 Å². The summed E-state index contributed by atoms with van der Waals surface area (Å²) in [6, 6.07) is 14.2. The summed E-state index contributed by atoms with van der Waals surface area (Å²) in [4.78, 5) is 45.3. The lowest BCUT2D eigenvalue weighted by Crippen LogP contribution is -2.35. The number of para-hydroxylation sites is 1. The van der Waals surface area contributed by atoms with E-state index in [0.717, 1.165) is 5.56 Å². The third kappa shape index (κ3) is 5.67. The van der Waals surface area contributed by atoms with E-state index in [1.54, 1.807) is 30.3 Å². The van der Waals surface area contributed by atoms with E-state index < -0.39 is 5.97 Å². The van der Waals surface area contributed by atoms with Gasteiger partial charge in [-0.1, -0.05) is 35.9 Å². The summed E-state index contributed by atoms with van der Waals surface area (Å²) >= 11 is 5.91. The van der Waals surface area contributed by atoms with Gasteiger partial charge in [-0.2, -0.15) is 0 Å². The molecule has 0 saturated carbocycles. The molecule has 0 radical (unpaired) electrons. The molecular weight excluding hydrogens is 406 g/mol. The van der Waals surface area contributed by atoms with Crippen LogP contribution >= 0.6 is 11.6 Å². The highest BCUT2D eigenvalue weighted by Gasteiger charge is 2.18. The molecule has 7 nitrogen and oxygen atoms in total. The second-order valence-electron chi connectivity index (χ2n) is 6.84. The minimum absolute atomic E-state index is 0.136. The molecule has 1 heterocycles. The van der Waals surface area contributed by atoms with Gasteiger partial charge < -0.3 is 14.6 Å². The van der Waals surface area contributed by atoms with E-state index in [-0.39, 0.29) is 31.0 Å². The Kier molecular flexibility index (Phi) is 7.19. The molecule has 0 unspecified atom stereocenters.